The predicted molar refractivity (Wildman–Crippen MR) is 133 cm³/mol. The van der Waals surface area contributed by atoms with Crippen LogP contribution >= 0.6 is 0 Å². The van der Waals surface area contributed by atoms with E-state index in [9.17, 15) is 19.2 Å². The van der Waals surface area contributed by atoms with Crippen LogP contribution in [0.4, 0.5) is 10.2 Å². The van der Waals surface area contributed by atoms with Gasteiger partial charge in [-0.3, -0.25) is 19.1 Å². The highest BCUT2D eigenvalue weighted by atomic mass is 19.1. The molecule has 1 aromatic heterocycles. The van der Waals surface area contributed by atoms with Gasteiger partial charge in [0.1, 0.15) is 17.7 Å². The van der Waals surface area contributed by atoms with E-state index < -0.39 is 0 Å². The van der Waals surface area contributed by atoms with Crippen LogP contribution < -0.4 is 10.6 Å². The number of piperidine rings is 1. The Hall–Kier alpha value is -3.18. The lowest BCUT2D eigenvalue weighted by molar-refractivity contribution is -0.127. The molecule has 8 heteroatoms. The van der Waals surface area contributed by atoms with Crippen LogP contribution in [-0.2, 0) is 9.59 Å². The number of carbonyl (C=O) groups is 2. The topological polar surface area (TPSA) is 90.2 Å². The second-order valence-electron chi connectivity index (χ2n) is 9.80. The SMILES string of the molecule is Cc1c(C#N)c(NC(=O)CN2CCC(NC(=O)C3CCCCC3)CC2)n(-c2ccc(F)cc2)c1C. The normalized spacial score (nSPS) is 17.7. The van der Waals surface area contributed by atoms with E-state index in [-0.39, 0.29) is 36.1 Å². The van der Waals surface area contributed by atoms with Crippen LogP contribution in [0.1, 0.15) is 61.8 Å². The number of aromatic nitrogens is 1. The summed E-state index contributed by atoms with van der Waals surface area (Å²) in [4.78, 5) is 27.6. The Balaban J connectivity index is 1.36. The first-order valence-electron chi connectivity index (χ1n) is 12.6. The summed E-state index contributed by atoms with van der Waals surface area (Å²) >= 11 is 0. The van der Waals surface area contributed by atoms with Crippen LogP contribution in [0.15, 0.2) is 24.3 Å². The van der Waals surface area contributed by atoms with Gasteiger partial charge < -0.3 is 10.6 Å². The Labute approximate surface area is 206 Å². The molecule has 0 atom stereocenters. The number of carbonyl (C=O) groups excluding carboxylic acids is 2. The van der Waals surface area contributed by atoms with Gasteiger partial charge in [0.25, 0.3) is 0 Å². The average molecular weight is 480 g/mol. The summed E-state index contributed by atoms with van der Waals surface area (Å²) in [7, 11) is 0. The minimum atomic E-state index is -0.347. The molecule has 2 N–H and O–H groups in total. The lowest BCUT2D eigenvalue weighted by Gasteiger charge is -2.33. The van der Waals surface area contributed by atoms with Crippen molar-refractivity contribution in [2.75, 3.05) is 25.0 Å². The van der Waals surface area contributed by atoms with Crippen molar-refractivity contribution in [3.05, 3.63) is 46.9 Å². The van der Waals surface area contributed by atoms with Gasteiger partial charge in [-0.1, -0.05) is 19.3 Å². The molecule has 0 unspecified atom stereocenters. The van der Waals surface area contributed by atoms with E-state index in [0.29, 0.717) is 17.1 Å². The third kappa shape index (κ3) is 5.73. The second kappa shape index (κ2) is 11.0. The van der Waals surface area contributed by atoms with Gasteiger partial charge in [-0.2, -0.15) is 5.26 Å². The quantitative estimate of drug-likeness (QED) is 0.650. The molecule has 0 spiro atoms. The fourth-order valence-corrected chi connectivity index (χ4v) is 5.27. The van der Waals surface area contributed by atoms with E-state index in [1.165, 1.54) is 18.6 Å². The molecule has 0 bridgehead atoms. The van der Waals surface area contributed by atoms with Crippen molar-refractivity contribution in [1.82, 2.24) is 14.8 Å². The van der Waals surface area contributed by atoms with Crippen molar-refractivity contribution in [3.63, 3.8) is 0 Å². The minimum Gasteiger partial charge on any atom is -0.353 e. The summed E-state index contributed by atoms with van der Waals surface area (Å²) < 4.78 is 15.2. The first-order chi connectivity index (χ1) is 16.9. The van der Waals surface area contributed by atoms with Crippen LogP contribution in [0.3, 0.4) is 0 Å². The molecule has 1 saturated carbocycles. The number of nitrogens with one attached hydrogen (secondary N) is 2. The van der Waals surface area contributed by atoms with Crippen molar-refractivity contribution >= 4 is 17.6 Å². The van der Waals surface area contributed by atoms with Gasteiger partial charge in [0.05, 0.1) is 12.1 Å². The number of nitriles is 1. The summed E-state index contributed by atoms with van der Waals surface area (Å²) in [5.41, 5.74) is 2.68. The fraction of sp³-hybridized carbons (Fsp3) is 0.519. The Morgan fingerprint density at radius 3 is 2.34 bits per heavy atom. The molecule has 35 heavy (non-hydrogen) atoms. The molecular formula is C27H34FN5O2. The van der Waals surface area contributed by atoms with Gasteiger partial charge in [-0.25, -0.2) is 4.39 Å². The number of hydrogen-bond acceptors (Lipinski definition) is 4. The van der Waals surface area contributed by atoms with E-state index >= 15 is 0 Å². The van der Waals surface area contributed by atoms with Crippen molar-refractivity contribution in [2.45, 2.75) is 64.8 Å². The molecule has 2 heterocycles. The molecule has 2 aliphatic rings. The van der Waals surface area contributed by atoms with Gasteiger partial charge in [-0.05, 0) is 69.4 Å². The van der Waals surface area contributed by atoms with Crippen LogP contribution in [-0.4, -0.2) is 47.0 Å². The fourth-order valence-electron chi connectivity index (χ4n) is 5.27. The predicted octanol–water partition coefficient (Wildman–Crippen LogP) is 4.20. The number of rotatable bonds is 6. The number of halogens is 1. The smallest absolute Gasteiger partial charge is 0.239 e. The van der Waals surface area contributed by atoms with Crippen molar-refractivity contribution in [3.8, 4) is 11.8 Å². The van der Waals surface area contributed by atoms with Crippen molar-refractivity contribution in [2.24, 2.45) is 5.92 Å². The molecule has 4 rings (SSSR count). The van der Waals surface area contributed by atoms with Crippen molar-refractivity contribution < 1.29 is 14.0 Å². The zero-order valence-corrected chi connectivity index (χ0v) is 20.6. The van der Waals surface area contributed by atoms with E-state index in [2.05, 4.69) is 21.6 Å². The van der Waals surface area contributed by atoms with Gasteiger partial charge in [-0.15, -0.1) is 0 Å². The van der Waals surface area contributed by atoms with Crippen molar-refractivity contribution in [1.29, 1.82) is 5.26 Å². The molecule has 1 aromatic carbocycles. The monoisotopic (exact) mass is 479 g/mol. The van der Waals surface area contributed by atoms with E-state index in [4.69, 9.17) is 0 Å². The molecule has 1 saturated heterocycles. The molecule has 2 amide bonds. The summed E-state index contributed by atoms with van der Waals surface area (Å²) in [6.07, 6.45) is 7.14. The summed E-state index contributed by atoms with van der Waals surface area (Å²) in [5.74, 6) is 0.212. The second-order valence-corrected chi connectivity index (χ2v) is 9.80. The molecule has 2 fully saturated rings. The zero-order valence-electron chi connectivity index (χ0n) is 20.6. The lowest BCUT2D eigenvalue weighted by Crippen LogP contribution is -2.48. The van der Waals surface area contributed by atoms with Gasteiger partial charge in [0, 0.05) is 36.4 Å². The largest absolute Gasteiger partial charge is 0.353 e. The molecule has 7 nitrogen and oxygen atoms in total. The first kappa shape index (κ1) is 24.9. The third-order valence-electron chi connectivity index (χ3n) is 7.45. The molecular weight excluding hydrogens is 445 g/mol. The van der Waals surface area contributed by atoms with Gasteiger partial charge in [0.2, 0.25) is 11.8 Å². The maximum Gasteiger partial charge on any atom is 0.239 e. The Morgan fingerprint density at radius 1 is 1.06 bits per heavy atom. The van der Waals surface area contributed by atoms with E-state index in [1.807, 2.05) is 13.8 Å². The Bertz CT molecular complexity index is 1100. The number of nitrogens with zero attached hydrogens (tertiary/aromatic N) is 3. The number of likely N-dealkylation sites (tertiary alicyclic amines) is 1. The van der Waals surface area contributed by atoms with Crippen LogP contribution in [0, 0.1) is 36.9 Å². The number of amides is 2. The molecule has 0 radical (unpaired) electrons. The zero-order chi connectivity index (χ0) is 24.9. The summed E-state index contributed by atoms with van der Waals surface area (Å²) in [5, 5.41) is 15.9. The molecule has 186 valence electrons. The minimum absolute atomic E-state index is 0.158. The highest BCUT2D eigenvalue weighted by molar-refractivity contribution is 5.93. The highest BCUT2D eigenvalue weighted by Crippen LogP contribution is 2.30. The van der Waals surface area contributed by atoms with Crippen LogP contribution in [0.2, 0.25) is 0 Å². The Morgan fingerprint density at radius 2 is 1.71 bits per heavy atom. The number of anilines is 1. The van der Waals surface area contributed by atoms with Crippen LogP contribution in [0.5, 0.6) is 0 Å². The summed E-state index contributed by atoms with van der Waals surface area (Å²) in [6.45, 7) is 5.38. The molecule has 1 aliphatic heterocycles. The maximum atomic E-state index is 13.5. The van der Waals surface area contributed by atoms with Gasteiger partial charge in [0.15, 0.2) is 0 Å². The average Bonchev–Trinajstić information content (AvgIpc) is 3.10. The Kier molecular flexibility index (Phi) is 7.86. The molecule has 1 aliphatic carbocycles. The third-order valence-corrected chi connectivity index (χ3v) is 7.45. The lowest BCUT2D eigenvalue weighted by atomic mass is 9.88. The highest BCUT2D eigenvalue weighted by Gasteiger charge is 2.27. The maximum absolute atomic E-state index is 13.5. The first-order valence-corrected chi connectivity index (χ1v) is 12.6. The molecule has 2 aromatic rings. The number of benzene rings is 1. The van der Waals surface area contributed by atoms with Crippen LogP contribution in [0.25, 0.3) is 5.69 Å². The standard InChI is InChI=1S/C27H34FN5O2/c1-18-19(2)33(23-10-8-21(28)9-11-23)26(24(18)16-29)31-25(34)17-32-14-12-22(13-15-32)30-27(35)20-6-4-3-5-7-20/h8-11,20,22H,3-7,12-15,17H2,1-2H3,(H,30,35)(H,31,34). The summed E-state index contributed by atoms with van der Waals surface area (Å²) in [6, 6.07) is 8.34. The number of hydrogen-bond donors (Lipinski definition) is 2. The van der Waals surface area contributed by atoms with Gasteiger partial charge >= 0.3 is 0 Å². The van der Waals surface area contributed by atoms with E-state index in [0.717, 1.165) is 62.9 Å². The van der Waals surface area contributed by atoms with E-state index in [1.54, 1.807) is 16.7 Å².